The van der Waals surface area contributed by atoms with Crippen LogP contribution >= 0.6 is 24.8 Å². The fourth-order valence-corrected chi connectivity index (χ4v) is 3.36. The third kappa shape index (κ3) is 5.88. The lowest BCUT2D eigenvalue weighted by Gasteiger charge is -2.37. The van der Waals surface area contributed by atoms with Crippen LogP contribution in [0, 0.1) is 5.41 Å². The van der Waals surface area contributed by atoms with Crippen LogP contribution in [0.4, 0.5) is 0 Å². The summed E-state index contributed by atoms with van der Waals surface area (Å²) in [5.41, 5.74) is 5.84. The minimum Gasteiger partial charge on any atom is -0.352 e. The Morgan fingerprint density at radius 3 is 2.05 bits per heavy atom. The third-order valence-corrected chi connectivity index (χ3v) is 4.93. The summed E-state index contributed by atoms with van der Waals surface area (Å²) in [6.07, 6.45) is 7.65. The van der Waals surface area contributed by atoms with E-state index in [9.17, 15) is 4.79 Å². The van der Waals surface area contributed by atoms with Crippen LogP contribution in [-0.2, 0) is 4.79 Å². The molecule has 3 N–H and O–H groups in total. The predicted molar refractivity (Wildman–Crippen MR) is 96.9 cm³/mol. The monoisotopic (exact) mass is 353 g/mol. The number of hydrogen-bond donors (Lipinski definition) is 2. The zero-order valence-corrected chi connectivity index (χ0v) is 15.8. The van der Waals surface area contributed by atoms with Gasteiger partial charge in [-0.25, -0.2) is 0 Å². The Bertz CT molecular complexity index is 333. The van der Waals surface area contributed by atoms with E-state index in [0.717, 1.165) is 32.0 Å². The number of nitrogens with two attached hydrogens (primary N) is 1. The van der Waals surface area contributed by atoms with Gasteiger partial charge in [-0.3, -0.25) is 4.79 Å². The van der Waals surface area contributed by atoms with Crippen molar-refractivity contribution in [3.63, 3.8) is 0 Å². The molecule has 22 heavy (non-hydrogen) atoms. The summed E-state index contributed by atoms with van der Waals surface area (Å²) in [5, 5.41) is 3.15. The van der Waals surface area contributed by atoms with Gasteiger partial charge in [0.05, 0.1) is 6.04 Å². The Hall–Kier alpha value is -0.0300. The number of nitrogens with one attached hydrogen (secondary N) is 1. The van der Waals surface area contributed by atoms with Crippen molar-refractivity contribution in [2.24, 2.45) is 11.1 Å². The summed E-state index contributed by atoms with van der Waals surface area (Å²) < 4.78 is 0. The summed E-state index contributed by atoms with van der Waals surface area (Å²) in [6, 6.07) is 0.701. The first-order chi connectivity index (χ1) is 9.38. The number of piperidine rings is 1. The number of carbonyl (C=O) groups excluding carboxylic acids is 1. The van der Waals surface area contributed by atoms with Gasteiger partial charge in [-0.1, -0.05) is 33.6 Å². The molecule has 0 aromatic rings. The summed E-state index contributed by atoms with van der Waals surface area (Å²) in [4.78, 5) is 14.8. The molecule has 2 rings (SSSR count). The first kappa shape index (κ1) is 22.0. The lowest BCUT2D eigenvalue weighted by atomic mass is 9.86. The van der Waals surface area contributed by atoms with Crippen molar-refractivity contribution in [2.45, 2.75) is 77.4 Å². The summed E-state index contributed by atoms with van der Waals surface area (Å²) in [7, 11) is 0. The Kier molecular flexibility index (Phi) is 9.30. The smallest absolute Gasteiger partial charge is 0.237 e. The zero-order chi connectivity index (χ0) is 14.8. The minimum atomic E-state index is -0.421. The molecule has 2 aliphatic rings. The minimum absolute atomic E-state index is 0. The van der Waals surface area contributed by atoms with Crippen LogP contribution in [-0.4, -0.2) is 42.0 Å². The molecular formula is C16H33Cl2N3O. The molecule has 0 aromatic carbocycles. The molecule has 1 aliphatic heterocycles. The second-order valence-electron chi connectivity index (χ2n) is 7.60. The highest BCUT2D eigenvalue weighted by molar-refractivity contribution is 5.85. The van der Waals surface area contributed by atoms with Crippen LogP contribution in [0.1, 0.15) is 59.3 Å². The molecule has 4 nitrogen and oxygen atoms in total. The molecule has 0 spiro atoms. The number of rotatable bonds is 3. The van der Waals surface area contributed by atoms with E-state index in [-0.39, 0.29) is 36.1 Å². The van der Waals surface area contributed by atoms with E-state index in [1.165, 1.54) is 25.7 Å². The molecule has 1 atom stereocenters. The summed E-state index contributed by atoms with van der Waals surface area (Å²) >= 11 is 0. The summed E-state index contributed by atoms with van der Waals surface area (Å²) in [5.74, 6) is 0.0109. The number of amides is 1. The molecule has 0 bridgehead atoms. The van der Waals surface area contributed by atoms with Gasteiger partial charge in [-0.15, -0.1) is 24.8 Å². The second kappa shape index (κ2) is 9.31. The topological polar surface area (TPSA) is 58.4 Å². The van der Waals surface area contributed by atoms with E-state index in [2.05, 4.69) is 10.2 Å². The number of likely N-dealkylation sites (tertiary alicyclic amines) is 1. The van der Waals surface area contributed by atoms with E-state index in [4.69, 9.17) is 5.73 Å². The van der Waals surface area contributed by atoms with Gasteiger partial charge in [-0.2, -0.15) is 0 Å². The third-order valence-electron chi connectivity index (χ3n) is 4.93. The van der Waals surface area contributed by atoms with Crippen molar-refractivity contribution in [1.82, 2.24) is 10.2 Å². The van der Waals surface area contributed by atoms with Crippen LogP contribution < -0.4 is 11.1 Å². The second-order valence-corrected chi connectivity index (χ2v) is 7.60. The molecule has 0 aromatic heterocycles. The van der Waals surface area contributed by atoms with Crippen LogP contribution in [0.25, 0.3) is 0 Å². The molecule has 6 heteroatoms. The van der Waals surface area contributed by atoms with Crippen LogP contribution in [0.15, 0.2) is 0 Å². The summed E-state index contributed by atoms with van der Waals surface area (Å²) in [6.45, 7) is 8.29. The van der Waals surface area contributed by atoms with Crippen molar-refractivity contribution in [3.8, 4) is 0 Å². The molecule has 1 heterocycles. The zero-order valence-electron chi connectivity index (χ0n) is 14.1. The van der Waals surface area contributed by atoms with Crippen molar-refractivity contribution >= 4 is 30.7 Å². The Morgan fingerprint density at radius 1 is 1.09 bits per heavy atom. The van der Waals surface area contributed by atoms with Gasteiger partial charge in [0.2, 0.25) is 5.91 Å². The molecular weight excluding hydrogens is 321 g/mol. The maximum absolute atomic E-state index is 12.1. The predicted octanol–water partition coefficient (Wildman–Crippen LogP) is 2.73. The number of carbonyl (C=O) groups is 1. The Balaban J connectivity index is 0.00000220. The van der Waals surface area contributed by atoms with E-state index in [0.29, 0.717) is 6.04 Å². The lowest BCUT2D eigenvalue weighted by molar-refractivity contribution is -0.125. The highest BCUT2D eigenvalue weighted by Crippen LogP contribution is 2.26. The molecule has 2 fully saturated rings. The Morgan fingerprint density at radius 2 is 1.59 bits per heavy atom. The fraction of sp³-hybridized carbons (Fsp3) is 0.938. The first-order valence-electron chi connectivity index (χ1n) is 8.18. The largest absolute Gasteiger partial charge is 0.352 e. The van der Waals surface area contributed by atoms with Gasteiger partial charge >= 0.3 is 0 Å². The van der Waals surface area contributed by atoms with Gasteiger partial charge in [0.15, 0.2) is 0 Å². The van der Waals surface area contributed by atoms with Crippen molar-refractivity contribution in [1.29, 1.82) is 0 Å². The Labute approximate surface area is 147 Å². The number of halogens is 2. The molecule has 132 valence electrons. The van der Waals surface area contributed by atoms with Gasteiger partial charge in [-0.05, 0) is 31.1 Å². The highest BCUT2D eigenvalue weighted by Gasteiger charge is 2.31. The van der Waals surface area contributed by atoms with Crippen LogP contribution in [0.3, 0.4) is 0 Å². The van der Waals surface area contributed by atoms with Crippen molar-refractivity contribution in [3.05, 3.63) is 0 Å². The van der Waals surface area contributed by atoms with Crippen LogP contribution in [0.5, 0.6) is 0 Å². The lowest BCUT2D eigenvalue weighted by Crippen LogP contribution is -2.54. The van der Waals surface area contributed by atoms with Gasteiger partial charge in [0.25, 0.3) is 0 Å². The van der Waals surface area contributed by atoms with Crippen LogP contribution in [0.2, 0.25) is 0 Å². The number of hydrogen-bond acceptors (Lipinski definition) is 3. The maximum atomic E-state index is 12.1. The van der Waals surface area contributed by atoms with E-state index in [1.54, 1.807) is 0 Å². The van der Waals surface area contributed by atoms with Crippen molar-refractivity contribution in [2.75, 3.05) is 13.1 Å². The number of nitrogens with zero attached hydrogens (tertiary/aromatic N) is 1. The molecule has 1 saturated heterocycles. The standard InChI is InChI=1S/C16H31N3O.2ClH/c1-16(2,3)14(17)15(20)18-12-8-10-19(11-9-12)13-6-4-5-7-13;;/h12-14H,4-11,17H2,1-3H3,(H,18,20);2*1H/t14-;;/m1../s1. The van der Waals surface area contributed by atoms with Gasteiger partial charge < -0.3 is 16.0 Å². The van der Waals surface area contributed by atoms with E-state index < -0.39 is 6.04 Å². The quantitative estimate of drug-likeness (QED) is 0.819. The highest BCUT2D eigenvalue weighted by atomic mass is 35.5. The average molecular weight is 354 g/mol. The molecule has 1 aliphatic carbocycles. The SMILES string of the molecule is CC(C)(C)[C@H](N)C(=O)NC1CCN(C2CCCC2)CC1.Cl.Cl. The van der Waals surface area contributed by atoms with E-state index in [1.807, 2.05) is 20.8 Å². The van der Waals surface area contributed by atoms with Gasteiger partial charge in [0.1, 0.15) is 0 Å². The van der Waals surface area contributed by atoms with E-state index >= 15 is 0 Å². The fourth-order valence-electron chi connectivity index (χ4n) is 3.36. The van der Waals surface area contributed by atoms with Crippen molar-refractivity contribution < 1.29 is 4.79 Å². The first-order valence-corrected chi connectivity index (χ1v) is 8.18. The molecule has 0 radical (unpaired) electrons. The average Bonchev–Trinajstić information content (AvgIpc) is 2.91. The normalized spacial score (nSPS) is 22.5. The maximum Gasteiger partial charge on any atom is 0.237 e. The molecule has 1 saturated carbocycles. The molecule has 0 unspecified atom stereocenters. The van der Waals surface area contributed by atoms with Gasteiger partial charge in [0, 0.05) is 25.2 Å². The molecule has 1 amide bonds.